The highest BCUT2D eigenvalue weighted by Gasteiger charge is 2.12. The van der Waals surface area contributed by atoms with Crippen LogP contribution in [-0.2, 0) is 9.36 Å². The van der Waals surface area contributed by atoms with Gasteiger partial charge in [-0.05, 0) is 12.2 Å². The van der Waals surface area contributed by atoms with Crippen molar-refractivity contribution < 1.29 is 19.1 Å². The molecule has 0 rings (SSSR count). The molecule has 72 valence electrons. The zero-order chi connectivity index (χ0) is 9.61. The molecule has 6 heteroatoms. The average Bonchev–Trinajstić information content (AvgIpc) is 1.84. The predicted octanol–water partition coefficient (Wildman–Crippen LogP) is 1.22. The summed E-state index contributed by atoms with van der Waals surface area (Å²) in [5.41, 5.74) is 0. The molecule has 0 spiro atoms. The molecule has 0 amide bonds. The van der Waals surface area contributed by atoms with E-state index in [1.54, 1.807) is 0 Å². The van der Waals surface area contributed by atoms with Gasteiger partial charge in [0, 0.05) is 6.42 Å². The van der Waals surface area contributed by atoms with Crippen molar-refractivity contribution in [2.45, 2.75) is 19.8 Å². The number of hydrogen-bond acceptors (Lipinski definition) is 3. The van der Waals surface area contributed by atoms with Crippen LogP contribution in [0.1, 0.15) is 19.8 Å². The highest BCUT2D eigenvalue weighted by Crippen LogP contribution is 2.35. The Kier molecular flexibility index (Phi) is 5.84. The van der Waals surface area contributed by atoms with E-state index in [0.29, 0.717) is 0 Å². The minimum atomic E-state index is -3.90. The normalized spacial score (nSPS) is 11.6. The van der Waals surface area contributed by atoms with Crippen molar-refractivity contribution in [3.8, 4) is 0 Å². The summed E-state index contributed by atoms with van der Waals surface area (Å²) in [7, 11) is -3.90. The molecule has 4 nitrogen and oxygen atoms in total. The molecule has 0 aliphatic rings. The summed E-state index contributed by atoms with van der Waals surface area (Å²) >= 11 is 1.19. The summed E-state index contributed by atoms with van der Waals surface area (Å²) in [6.07, 6.45) is 0.336. The highest BCUT2D eigenvalue weighted by molar-refractivity contribution is 8.13. The topological polar surface area (TPSA) is 74.6 Å². The Morgan fingerprint density at radius 3 is 2.50 bits per heavy atom. The maximum atomic E-state index is 10.8. The second kappa shape index (κ2) is 5.75. The molecular weight excluding hydrogens is 199 g/mol. The molecule has 0 saturated carbocycles. The summed E-state index contributed by atoms with van der Waals surface area (Å²) in [4.78, 5) is 27.7. The van der Waals surface area contributed by atoms with Gasteiger partial charge in [-0.1, -0.05) is 18.7 Å². The van der Waals surface area contributed by atoms with E-state index in [0.717, 1.165) is 5.75 Å². The predicted molar refractivity (Wildman–Crippen MR) is 49.3 cm³/mol. The third-order valence-electron chi connectivity index (χ3n) is 1.14. The zero-order valence-electron chi connectivity index (χ0n) is 6.89. The quantitative estimate of drug-likeness (QED) is 0.670. The number of thioether (sulfide) groups is 1. The van der Waals surface area contributed by atoms with Crippen LogP contribution in [0.4, 0.5) is 0 Å². The highest BCUT2D eigenvalue weighted by atomic mass is 32.2. The molecule has 0 aromatic rings. The molecular formula is C6H13O4PS. The van der Waals surface area contributed by atoms with E-state index >= 15 is 0 Å². The second-order valence-electron chi connectivity index (χ2n) is 2.30. The molecule has 2 N–H and O–H groups in total. The summed E-state index contributed by atoms with van der Waals surface area (Å²) in [5, 5.41) is 0.00551. The molecule has 0 radical (unpaired) electrons. The van der Waals surface area contributed by atoms with Crippen molar-refractivity contribution in [3.63, 3.8) is 0 Å². The Morgan fingerprint density at radius 2 is 2.08 bits per heavy atom. The van der Waals surface area contributed by atoms with Crippen LogP contribution >= 0.6 is 19.4 Å². The van der Waals surface area contributed by atoms with E-state index in [1.165, 1.54) is 11.8 Å². The zero-order valence-corrected chi connectivity index (χ0v) is 8.61. The molecule has 0 aromatic heterocycles. The smallest absolute Gasteiger partial charge is 0.324 e. The van der Waals surface area contributed by atoms with E-state index in [4.69, 9.17) is 9.79 Å². The average molecular weight is 212 g/mol. The second-order valence-corrected chi connectivity index (χ2v) is 5.39. The number of hydrogen-bond donors (Lipinski definition) is 2. The van der Waals surface area contributed by atoms with Crippen LogP contribution < -0.4 is 0 Å². The number of carbonyl (C=O) groups excluding carboxylic acids is 1. The van der Waals surface area contributed by atoms with Gasteiger partial charge >= 0.3 is 7.60 Å². The maximum Gasteiger partial charge on any atom is 0.325 e. The first-order valence-electron chi connectivity index (χ1n) is 3.66. The van der Waals surface area contributed by atoms with Crippen LogP contribution in [0, 0.1) is 0 Å². The van der Waals surface area contributed by atoms with E-state index in [2.05, 4.69) is 0 Å². The Bertz CT molecular complexity index is 188. The molecule has 0 atom stereocenters. The van der Waals surface area contributed by atoms with Crippen molar-refractivity contribution in [2.24, 2.45) is 0 Å². The number of carbonyl (C=O) groups is 1. The van der Waals surface area contributed by atoms with E-state index in [9.17, 15) is 9.36 Å². The molecule has 0 aliphatic heterocycles. The third-order valence-corrected chi connectivity index (χ3v) is 2.85. The third kappa shape index (κ3) is 8.27. The van der Waals surface area contributed by atoms with Crippen LogP contribution in [0.5, 0.6) is 0 Å². The van der Waals surface area contributed by atoms with E-state index < -0.39 is 7.60 Å². The van der Waals surface area contributed by atoms with Crippen molar-refractivity contribution in [3.05, 3.63) is 0 Å². The fourth-order valence-electron chi connectivity index (χ4n) is 0.663. The summed E-state index contributed by atoms with van der Waals surface area (Å²) in [5.74, 6) is 0.717. The number of rotatable bonds is 5. The van der Waals surface area contributed by atoms with Gasteiger partial charge in [-0.2, -0.15) is 0 Å². The lowest BCUT2D eigenvalue weighted by molar-refractivity contribution is -0.110. The summed E-state index contributed by atoms with van der Waals surface area (Å²) < 4.78 is 10.3. The van der Waals surface area contributed by atoms with E-state index in [1.807, 2.05) is 6.92 Å². The first-order chi connectivity index (χ1) is 5.45. The van der Waals surface area contributed by atoms with Gasteiger partial charge in [-0.3, -0.25) is 9.36 Å². The van der Waals surface area contributed by atoms with Gasteiger partial charge in [0.15, 0.2) is 5.12 Å². The van der Waals surface area contributed by atoms with Crippen molar-refractivity contribution in [1.29, 1.82) is 0 Å². The molecule has 0 aromatic carbocycles. The van der Waals surface area contributed by atoms with Crippen LogP contribution in [0.15, 0.2) is 0 Å². The van der Waals surface area contributed by atoms with Crippen molar-refractivity contribution >= 4 is 24.5 Å². The fourth-order valence-corrected chi connectivity index (χ4v) is 1.84. The van der Waals surface area contributed by atoms with Gasteiger partial charge in [0.25, 0.3) is 0 Å². The SMILES string of the molecule is CCSC(=O)CCCP(=O)(O)O. The Hall–Kier alpha value is 0.170. The first-order valence-corrected chi connectivity index (χ1v) is 6.44. The van der Waals surface area contributed by atoms with Crippen molar-refractivity contribution in [1.82, 2.24) is 0 Å². The minimum Gasteiger partial charge on any atom is -0.324 e. The summed E-state index contributed by atoms with van der Waals surface area (Å²) in [6, 6.07) is 0. The molecule has 0 bridgehead atoms. The van der Waals surface area contributed by atoms with Gasteiger partial charge in [0.05, 0.1) is 6.16 Å². The first kappa shape index (κ1) is 12.2. The Balaban J connectivity index is 3.44. The fraction of sp³-hybridized carbons (Fsp3) is 0.833. The van der Waals surface area contributed by atoms with Gasteiger partial charge in [0.2, 0.25) is 0 Å². The lowest BCUT2D eigenvalue weighted by Crippen LogP contribution is -1.95. The standard InChI is InChI=1S/C6H13O4PS/c1-2-12-6(7)4-3-5-11(8,9)10/h2-5H2,1H3,(H2,8,9,10). The minimum absolute atomic E-state index is 0.00551. The Labute approximate surface area is 75.9 Å². The van der Waals surface area contributed by atoms with Crippen LogP contribution in [0.25, 0.3) is 0 Å². The van der Waals surface area contributed by atoms with Gasteiger partial charge in [0.1, 0.15) is 0 Å². The van der Waals surface area contributed by atoms with Crippen molar-refractivity contribution in [2.75, 3.05) is 11.9 Å². The molecule has 0 unspecified atom stereocenters. The molecule has 12 heavy (non-hydrogen) atoms. The van der Waals surface area contributed by atoms with Crippen LogP contribution in [0.2, 0.25) is 0 Å². The van der Waals surface area contributed by atoms with Gasteiger partial charge < -0.3 is 9.79 Å². The van der Waals surface area contributed by atoms with Gasteiger partial charge in [-0.25, -0.2) is 0 Å². The molecule has 0 heterocycles. The maximum absolute atomic E-state index is 10.8. The van der Waals surface area contributed by atoms with Crippen LogP contribution in [0.3, 0.4) is 0 Å². The molecule has 0 aliphatic carbocycles. The molecule has 0 saturated heterocycles. The van der Waals surface area contributed by atoms with E-state index in [-0.39, 0.29) is 24.1 Å². The largest absolute Gasteiger partial charge is 0.325 e. The Morgan fingerprint density at radius 1 is 1.50 bits per heavy atom. The molecule has 0 fully saturated rings. The van der Waals surface area contributed by atoms with Gasteiger partial charge in [-0.15, -0.1) is 0 Å². The summed E-state index contributed by atoms with van der Waals surface area (Å²) in [6.45, 7) is 1.87. The lowest BCUT2D eigenvalue weighted by Gasteiger charge is -2.01. The monoisotopic (exact) mass is 212 g/mol. The lowest BCUT2D eigenvalue weighted by atomic mass is 10.4. The van der Waals surface area contributed by atoms with Crippen LogP contribution in [-0.4, -0.2) is 26.8 Å².